The minimum Gasteiger partial charge on any atom is -0.392 e. The maximum Gasteiger partial charge on any atom is 0.225 e. The third kappa shape index (κ3) is 3.05. The molecule has 2 aromatic heterocycles. The molecule has 0 saturated heterocycles. The molecule has 0 unspecified atom stereocenters. The molecule has 0 atom stereocenters. The van der Waals surface area contributed by atoms with E-state index in [1.807, 2.05) is 6.07 Å². The smallest absolute Gasteiger partial charge is 0.225 e. The zero-order valence-corrected chi connectivity index (χ0v) is 11.4. The van der Waals surface area contributed by atoms with E-state index in [9.17, 15) is 0 Å². The zero-order valence-electron chi connectivity index (χ0n) is 10.6. The van der Waals surface area contributed by atoms with Crippen LogP contribution < -0.4 is 4.90 Å². The second kappa shape index (κ2) is 5.93. The number of nitrogens with zero attached hydrogens (tertiary/aromatic N) is 3. The topological polar surface area (TPSA) is 49.2 Å². The average molecular weight is 263 g/mol. The van der Waals surface area contributed by atoms with E-state index in [-0.39, 0.29) is 6.61 Å². The summed E-state index contributed by atoms with van der Waals surface area (Å²) in [4.78, 5) is 12.1. The number of aromatic nitrogens is 2. The van der Waals surface area contributed by atoms with Gasteiger partial charge in [0.15, 0.2) is 0 Å². The maximum atomic E-state index is 8.99. The summed E-state index contributed by atoms with van der Waals surface area (Å²) in [6, 6.07) is 4.49. The van der Waals surface area contributed by atoms with Crippen molar-refractivity contribution in [3.63, 3.8) is 0 Å². The Kier molecular flexibility index (Phi) is 4.28. The van der Waals surface area contributed by atoms with Crippen molar-refractivity contribution in [3.05, 3.63) is 40.3 Å². The molecule has 4 nitrogen and oxygen atoms in total. The molecule has 18 heavy (non-hydrogen) atoms. The van der Waals surface area contributed by atoms with Crippen molar-refractivity contribution in [2.75, 3.05) is 4.90 Å². The van der Waals surface area contributed by atoms with Gasteiger partial charge in [0.25, 0.3) is 0 Å². The fraction of sp³-hybridized carbons (Fsp3) is 0.385. The van der Waals surface area contributed by atoms with Crippen LogP contribution in [0.15, 0.2) is 29.9 Å². The van der Waals surface area contributed by atoms with Gasteiger partial charge in [0, 0.05) is 28.9 Å². The molecule has 5 heteroatoms. The summed E-state index contributed by atoms with van der Waals surface area (Å²) in [5.74, 6) is 0.704. The summed E-state index contributed by atoms with van der Waals surface area (Å²) < 4.78 is 0. The van der Waals surface area contributed by atoms with Crippen LogP contribution in [0.3, 0.4) is 0 Å². The van der Waals surface area contributed by atoms with E-state index < -0.39 is 0 Å². The molecule has 0 radical (unpaired) electrons. The lowest BCUT2D eigenvalue weighted by atomic mass is 10.3. The van der Waals surface area contributed by atoms with Crippen LogP contribution in [0.5, 0.6) is 0 Å². The van der Waals surface area contributed by atoms with E-state index in [0.717, 1.165) is 12.1 Å². The van der Waals surface area contributed by atoms with Gasteiger partial charge in [-0.25, -0.2) is 9.97 Å². The fourth-order valence-corrected chi connectivity index (χ4v) is 2.34. The van der Waals surface area contributed by atoms with Crippen LogP contribution in [0.25, 0.3) is 0 Å². The summed E-state index contributed by atoms with van der Waals surface area (Å²) in [6.07, 6.45) is 3.35. The van der Waals surface area contributed by atoms with Gasteiger partial charge in [-0.15, -0.1) is 11.3 Å². The number of hydrogen-bond donors (Lipinski definition) is 1. The summed E-state index contributed by atoms with van der Waals surface area (Å²) in [5, 5.41) is 11.1. The molecule has 2 aromatic rings. The van der Waals surface area contributed by atoms with Gasteiger partial charge in [-0.05, 0) is 25.3 Å². The van der Waals surface area contributed by atoms with Gasteiger partial charge in [-0.3, -0.25) is 0 Å². The molecular formula is C13H17N3OS. The standard InChI is InChI=1S/C13H17N3OS/c1-10(2)16(8-12-4-3-5-18-12)13-14-6-11(9-17)7-15-13/h3-7,10,17H,8-9H2,1-2H3. The molecule has 0 bridgehead atoms. The molecule has 0 amide bonds. The van der Waals surface area contributed by atoms with Crippen LogP contribution in [0.1, 0.15) is 24.3 Å². The molecule has 0 aliphatic carbocycles. The zero-order chi connectivity index (χ0) is 13.0. The predicted molar refractivity (Wildman–Crippen MR) is 73.6 cm³/mol. The van der Waals surface area contributed by atoms with E-state index in [1.165, 1.54) is 4.88 Å². The van der Waals surface area contributed by atoms with E-state index in [1.54, 1.807) is 23.7 Å². The lowest BCUT2D eigenvalue weighted by Crippen LogP contribution is -2.31. The molecule has 2 rings (SSSR count). The van der Waals surface area contributed by atoms with Crippen molar-refractivity contribution in [2.24, 2.45) is 0 Å². The highest BCUT2D eigenvalue weighted by Crippen LogP contribution is 2.18. The lowest BCUT2D eigenvalue weighted by Gasteiger charge is -2.26. The molecule has 0 spiro atoms. The summed E-state index contributed by atoms with van der Waals surface area (Å²) >= 11 is 1.73. The van der Waals surface area contributed by atoms with Crippen LogP contribution in [0, 0.1) is 0 Å². The van der Waals surface area contributed by atoms with Gasteiger partial charge < -0.3 is 10.0 Å². The van der Waals surface area contributed by atoms with Crippen LogP contribution >= 0.6 is 11.3 Å². The van der Waals surface area contributed by atoms with Crippen LogP contribution in [-0.4, -0.2) is 21.1 Å². The van der Waals surface area contributed by atoms with Gasteiger partial charge in [0.05, 0.1) is 13.2 Å². The van der Waals surface area contributed by atoms with Gasteiger partial charge in [0.2, 0.25) is 5.95 Å². The molecule has 0 aromatic carbocycles. The molecule has 0 fully saturated rings. The Labute approximate surface area is 111 Å². The van der Waals surface area contributed by atoms with Gasteiger partial charge >= 0.3 is 0 Å². The largest absolute Gasteiger partial charge is 0.392 e. The summed E-state index contributed by atoms with van der Waals surface area (Å²) in [6.45, 7) is 5.04. The minimum absolute atomic E-state index is 0.0209. The molecule has 0 aliphatic heterocycles. The first kappa shape index (κ1) is 13.0. The van der Waals surface area contributed by atoms with Gasteiger partial charge in [0.1, 0.15) is 0 Å². The van der Waals surface area contributed by atoms with Crippen LogP contribution in [0.4, 0.5) is 5.95 Å². The molecule has 96 valence electrons. The van der Waals surface area contributed by atoms with Crippen LogP contribution in [-0.2, 0) is 13.2 Å². The minimum atomic E-state index is -0.0209. The number of thiophene rings is 1. The van der Waals surface area contributed by atoms with E-state index in [4.69, 9.17) is 5.11 Å². The quantitative estimate of drug-likeness (QED) is 0.900. The Morgan fingerprint density at radius 1 is 1.33 bits per heavy atom. The van der Waals surface area contributed by atoms with Gasteiger partial charge in [-0.2, -0.15) is 0 Å². The Morgan fingerprint density at radius 2 is 2.06 bits per heavy atom. The Balaban J connectivity index is 2.18. The number of rotatable bonds is 5. The first-order chi connectivity index (χ1) is 8.70. The monoisotopic (exact) mass is 263 g/mol. The first-order valence-electron chi connectivity index (χ1n) is 5.91. The van der Waals surface area contributed by atoms with Crippen LogP contribution in [0.2, 0.25) is 0 Å². The number of hydrogen-bond acceptors (Lipinski definition) is 5. The average Bonchev–Trinajstić information content (AvgIpc) is 2.89. The van der Waals surface area contributed by atoms with Crippen molar-refractivity contribution in [3.8, 4) is 0 Å². The van der Waals surface area contributed by atoms with Gasteiger partial charge in [-0.1, -0.05) is 6.07 Å². The predicted octanol–water partition coefficient (Wildman–Crippen LogP) is 2.45. The second-order valence-electron chi connectivity index (χ2n) is 4.35. The molecule has 1 N–H and O–H groups in total. The van der Waals surface area contributed by atoms with Crippen molar-refractivity contribution in [2.45, 2.75) is 33.0 Å². The molecule has 0 aliphatic rings. The number of aliphatic hydroxyl groups excluding tert-OH is 1. The molecule has 0 saturated carbocycles. The first-order valence-corrected chi connectivity index (χ1v) is 6.79. The van der Waals surface area contributed by atoms with E-state index in [0.29, 0.717) is 12.0 Å². The highest BCUT2D eigenvalue weighted by atomic mass is 32.1. The Bertz CT molecular complexity index is 467. The Hall–Kier alpha value is -1.46. The third-order valence-corrected chi connectivity index (χ3v) is 3.52. The van der Waals surface area contributed by atoms with E-state index >= 15 is 0 Å². The maximum absolute atomic E-state index is 8.99. The van der Waals surface area contributed by atoms with Crippen molar-refractivity contribution in [1.82, 2.24) is 9.97 Å². The lowest BCUT2D eigenvalue weighted by molar-refractivity contribution is 0.281. The van der Waals surface area contributed by atoms with E-state index in [2.05, 4.69) is 40.2 Å². The number of aliphatic hydroxyl groups is 1. The second-order valence-corrected chi connectivity index (χ2v) is 5.38. The van der Waals surface area contributed by atoms with Crippen molar-refractivity contribution in [1.29, 1.82) is 0 Å². The molecule has 2 heterocycles. The summed E-state index contributed by atoms with van der Waals surface area (Å²) in [7, 11) is 0. The highest BCUT2D eigenvalue weighted by Gasteiger charge is 2.14. The third-order valence-electron chi connectivity index (χ3n) is 2.66. The molecular weight excluding hydrogens is 246 g/mol. The highest BCUT2D eigenvalue weighted by molar-refractivity contribution is 7.09. The SMILES string of the molecule is CC(C)N(Cc1cccs1)c1ncc(CO)cn1. The van der Waals surface area contributed by atoms with Crippen molar-refractivity contribution >= 4 is 17.3 Å². The normalized spacial score (nSPS) is 10.9. The fourth-order valence-electron chi connectivity index (χ4n) is 1.63. The van der Waals surface area contributed by atoms with Crippen molar-refractivity contribution < 1.29 is 5.11 Å². The number of anilines is 1. The Morgan fingerprint density at radius 3 is 2.56 bits per heavy atom. The summed E-state index contributed by atoms with van der Waals surface area (Å²) in [5.41, 5.74) is 0.735.